The van der Waals surface area contributed by atoms with Gasteiger partial charge in [-0.15, -0.1) is 0 Å². The summed E-state index contributed by atoms with van der Waals surface area (Å²) >= 11 is 0. The lowest BCUT2D eigenvalue weighted by Gasteiger charge is -2.27. The van der Waals surface area contributed by atoms with Crippen LogP contribution in [-0.2, 0) is 21.6 Å². The lowest BCUT2D eigenvalue weighted by Crippen LogP contribution is -2.19. The van der Waals surface area contributed by atoms with Crippen molar-refractivity contribution in [2.45, 2.75) is 45.6 Å². The largest absolute Gasteiger partial charge is 0.497 e. The smallest absolute Gasteiger partial charge is 0.330 e. The molecule has 0 saturated heterocycles. The van der Waals surface area contributed by atoms with Crippen LogP contribution >= 0.6 is 0 Å². The van der Waals surface area contributed by atoms with Crippen molar-refractivity contribution in [3.05, 3.63) is 71.8 Å². The number of benzene rings is 2. The maximum atomic E-state index is 11.5. The molecule has 4 nitrogen and oxygen atoms in total. The third-order valence-electron chi connectivity index (χ3n) is 4.89. The molecule has 0 bridgehead atoms. The maximum absolute atomic E-state index is 11.5. The zero-order chi connectivity index (χ0) is 20.6. The van der Waals surface area contributed by atoms with E-state index in [0.29, 0.717) is 6.61 Å². The normalized spacial score (nSPS) is 11.0. The van der Waals surface area contributed by atoms with E-state index in [1.54, 1.807) is 7.11 Å². The maximum Gasteiger partial charge on any atom is 0.330 e. The number of esters is 1. The second-order valence-corrected chi connectivity index (χ2v) is 7.19. The molecule has 0 N–H and O–H groups in total. The number of hydrogen-bond acceptors (Lipinski definition) is 4. The van der Waals surface area contributed by atoms with Gasteiger partial charge in [0, 0.05) is 17.1 Å². The van der Waals surface area contributed by atoms with Gasteiger partial charge in [-0.1, -0.05) is 52.0 Å². The Morgan fingerprint density at radius 1 is 1.11 bits per heavy atom. The topological polar surface area (TPSA) is 44.8 Å². The van der Waals surface area contributed by atoms with Crippen LogP contribution in [-0.4, -0.2) is 19.7 Å². The molecular formula is C24H30O4. The van der Waals surface area contributed by atoms with E-state index in [4.69, 9.17) is 14.2 Å². The summed E-state index contributed by atoms with van der Waals surface area (Å²) in [5.74, 6) is 1.13. The number of hydrogen-bond donors (Lipinski definition) is 0. The van der Waals surface area contributed by atoms with E-state index in [9.17, 15) is 4.79 Å². The fourth-order valence-electron chi connectivity index (χ4n) is 2.93. The third-order valence-corrected chi connectivity index (χ3v) is 4.89. The van der Waals surface area contributed by atoms with Gasteiger partial charge in [-0.05, 0) is 41.8 Å². The van der Waals surface area contributed by atoms with Crippen molar-refractivity contribution in [2.24, 2.45) is 0 Å². The summed E-state index contributed by atoms with van der Waals surface area (Å²) in [7, 11) is 1.66. The highest BCUT2D eigenvalue weighted by Gasteiger charge is 2.24. The van der Waals surface area contributed by atoms with E-state index < -0.39 is 5.97 Å². The summed E-state index contributed by atoms with van der Waals surface area (Å²) in [6.45, 7) is 10.7. The Morgan fingerprint density at radius 3 is 2.39 bits per heavy atom. The molecule has 0 heterocycles. The van der Waals surface area contributed by atoms with Crippen molar-refractivity contribution in [1.82, 2.24) is 0 Å². The second-order valence-electron chi connectivity index (χ2n) is 7.19. The van der Waals surface area contributed by atoms with Gasteiger partial charge in [0.05, 0.1) is 13.7 Å². The third kappa shape index (κ3) is 5.38. The Hall–Kier alpha value is -2.75. The molecule has 0 aromatic heterocycles. The number of methoxy groups -OCH3 is 1. The molecule has 0 saturated carbocycles. The Kier molecular flexibility index (Phi) is 7.68. The quantitative estimate of drug-likeness (QED) is 0.312. The van der Waals surface area contributed by atoms with Crippen LogP contribution < -0.4 is 9.47 Å². The monoisotopic (exact) mass is 382 g/mol. The first-order valence-corrected chi connectivity index (χ1v) is 9.62. The van der Waals surface area contributed by atoms with Crippen LogP contribution in [0.25, 0.3) is 0 Å². The van der Waals surface area contributed by atoms with Gasteiger partial charge >= 0.3 is 5.97 Å². The SMILES string of the molecule is C=CC(=O)OCc1cc(C(C)(C)c2ccc(OC)cc2)ccc1OCCCC. The van der Waals surface area contributed by atoms with Gasteiger partial charge in [0.25, 0.3) is 0 Å². The van der Waals surface area contributed by atoms with E-state index in [1.807, 2.05) is 18.2 Å². The minimum Gasteiger partial charge on any atom is -0.497 e. The zero-order valence-corrected chi connectivity index (χ0v) is 17.3. The highest BCUT2D eigenvalue weighted by molar-refractivity contribution is 5.81. The van der Waals surface area contributed by atoms with Gasteiger partial charge in [-0.25, -0.2) is 4.79 Å². The van der Waals surface area contributed by atoms with Crippen molar-refractivity contribution in [2.75, 3.05) is 13.7 Å². The molecule has 0 spiro atoms. The van der Waals surface area contributed by atoms with Crippen LogP contribution in [0.4, 0.5) is 0 Å². The van der Waals surface area contributed by atoms with Crippen molar-refractivity contribution >= 4 is 5.97 Å². The molecule has 0 aliphatic heterocycles. The molecule has 2 rings (SSSR count). The molecule has 0 unspecified atom stereocenters. The fourth-order valence-corrected chi connectivity index (χ4v) is 2.93. The van der Waals surface area contributed by atoms with Gasteiger partial charge < -0.3 is 14.2 Å². The van der Waals surface area contributed by atoms with Gasteiger partial charge in [-0.3, -0.25) is 0 Å². The predicted octanol–water partition coefficient (Wildman–Crippen LogP) is 5.43. The number of ether oxygens (including phenoxy) is 3. The Balaban J connectivity index is 2.33. The summed E-state index contributed by atoms with van der Waals surface area (Å²) in [6.07, 6.45) is 3.21. The highest BCUT2D eigenvalue weighted by Crippen LogP contribution is 2.35. The molecule has 0 radical (unpaired) electrons. The lowest BCUT2D eigenvalue weighted by atomic mass is 9.77. The van der Waals surface area contributed by atoms with Crippen LogP contribution in [0.1, 0.15) is 50.3 Å². The van der Waals surface area contributed by atoms with Crippen molar-refractivity contribution in [1.29, 1.82) is 0 Å². The van der Waals surface area contributed by atoms with Crippen LogP contribution in [0.15, 0.2) is 55.1 Å². The average Bonchev–Trinajstić information content (AvgIpc) is 2.72. The van der Waals surface area contributed by atoms with Crippen LogP contribution in [0, 0.1) is 0 Å². The van der Waals surface area contributed by atoms with Crippen LogP contribution in [0.3, 0.4) is 0 Å². The molecule has 2 aromatic carbocycles. The number of rotatable bonds is 10. The molecule has 0 amide bonds. The average molecular weight is 383 g/mol. The first-order valence-electron chi connectivity index (χ1n) is 9.62. The van der Waals surface area contributed by atoms with Gasteiger partial charge in [0.1, 0.15) is 18.1 Å². The molecule has 0 fully saturated rings. The first-order chi connectivity index (χ1) is 13.4. The Morgan fingerprint density at radius 2 is 1.79 bits per heavy atom. The predicted molar refractivity (Wildman–Crippen MR) is 112 cm³/mol. The minimum atomic E-state index is -0.445. The van der Waals surface area contributed by atoms with Crippen LogP contribution in [0.2, 0.25) is 0 Å². The number of unbranched alkanes of at least 4 members (excludes halogenated alkanes) is 1. The lowest BCUT2D eigenvalue weighted by molar-refractivity contribution is -0.139. The molecule has 0 atom stereocenters. The number of carbonyl (C=O) groups excluding carboxylic acids is 1. The minimum absolute atomic E-state index is 0.152. The molecule has 4 heteroatoms. The Bertz CT molecular complexity index is 791. The second kappa shape index (κ2) is 9.98. The zero-order valence-electron chi connectivity index (χ0n) is 17.3. The van der Waals surface area contributed by atoms with E-state index in [2.05, 4.69) is 51.6 Å². The molecule has 150 valence electrons. The summed E-state index contributed by atoms with van der Waals surface area (Å²) < 4.78 is 16.4. The summed E-state index contributed by atoms with van der Waals surface area (Å²) in [4.78, 5) is 11.5. The van der Waals surface area contributed by atoms with Crippen LogP contribution in [0.5, 0.6) is 11.5 Å². The standard InChI is InChI=1S/C24H30O4/c1-6-8-15-27-22-14-11-20(16-18(22)17-28-23(25)7-2)24(3,4)19-9-12-21(26-5)13-10-19/h7,9-14,16H,2,6,8,15,17H2,1,3-5H3. The van der Waals surface area contributed by atoms with E-state index in [-0.39, 0.29) is 12.0 Å². The fraction of sp³-hybridized carbons (Fsp3) is 0.375. The van der Waals surface area contributed by atoms with Gasteiger partial charge in [0.2, 0.25) is 0 Å². The van der Waals surface area contributed by atoms with E-state index >= 15 is 0 Å². The highest BCUT2D eigenvalue weighted by atomic mass is 16.5. The molecule has 28 heavy (non-hydrogen) atoms. The summed E-state index contributed by atoms with van der Waals surface area (Å²) in [5, 5.41) is 0. The molecule has 0 aliphatic rings. The molecular weight excluding hydrogens is 352 g/mol. The van der Waals surface area contributed by atoms with Crippen molar-refractivity contribution in [3.63, 3.8) is 0 Å². The van der Waals surface area contributed by atoms with E-state index in [1.165, 1.54) is 11.6 Å². The van der Waals surface area contributed by atoms with Crippen molar-refractivity contribution < 1.29 is 19.0 Å². The van der Waals surface area contributed by atoms with Gasteiger partial charge in [0.15, 0.2) is 0 Å². The molecule has 0 aliphatic carbocycles. The Labute approximate surface area is 168 Å². The van der Waals surface area contributed by atoms with Crippen molar-refractivity contribution in [3.8, 4) is 11.5 Å². The molecule has 2 aromatic rings. The number of carbonyl (C=O) groups is 1. The van der Waals surface area contributed by atoms with Gasteiger partial charge in [-0.2, -0.15) is 0 Å². The van der Waals surface area contributed by atoms with E-state index in [0.717, 1.165) is 35.5 Å². The summed E-state index contributed by atoms with van der Waals surface area (Å²) in [6, 6.07) is 14.2. The first kappa shape index (κ1) is 21.5. The summed E-state index contributed by atoms with van der Waals surface area (Å²) in [5.41, 5.74) is 2.91.